The van der Waals surface area contributed by atoms with Gasteiger partial charge in [0.1, 0.15) is 11.1 Å². The van der Waals surface area contributed by atoms with E-state index in [1.807, 2.05) is 30.3 Å². The Morgan fingerprint density at radius 2 is 2.19 bits per heavy atom. The van der Waals surface area contributed by atoms with Gasteiger partial charge in [0, 0.05) is 23.5 Å². The number of nitrogens with one attached hydrogen (secondary N) is 2. The molecule has 1 unspecified atom stereocenters. The van der Waals surface area contributed by atoms with Crippen LogP contribution in [0.1, 0.15) is 5.82 Å². The van der Waals surface area contributed by atoms with Gasteiger partial charge in [0.05, 0.1) is 6.42 Å². The van der Waals surface area contributed by atoms with Crippen LogP contribution in [0.3, 0.4) is 0 Å². The Balaban J connectivity index is 1.52. The number of hydrogen-bond acceptors (Lipinski definition) is 9. The van der Waals surface area contributed by atoms with Crippen molar-refractivity contribution >= 4 is 41.3 Å². The van der Waals surface area contributed by atoms with Crippen molar-refractivity contribution in [3.8, 4) is 0 Å². The first-order valence-corrected chi connectivity index (χ1v) is 11.2. The quantitative estimate of drug-likeness (QED) is 0.283. The number of carbonyl (C=O) groups excluding carboxylic acids is 2. The number of methoxy groups -OCH3 is 1. The maximum atomic E-state index is 13.0. The molecule has 162 valence electrons. The molecule has 13 heteroatoms. The van der Waals surface area contributed by atoms with E-state index in [1.165, 1.54) is 35.5 Å². The lowest BCUT2D eigenvalue weighted by atomic mass is 9.98. The fraction of sp³-hybridized carbons (Fsp3) is 0.333. The van der Waals surface area contributed by atoms with Crippen LogP contribution in [0.4, 0.5) is 0 Å². The van der Waals surface area contributed by atoms with Crippen molar-refractivity contribution in [3.63, 3.8) is 0 Å². The normalized spacial score (nSPS) is 22.7. The van der Waals surface area contributed by atoms with Crippen LogP contribution in [0.25, 0.3) is 0 Å². The number of aromatic nitrogens is 4. The number of thioether (sulfide) groups is 2. The third-order valence-electron chi connectivity index (χ3n) is 4.82. The SMILES string of the molecule is COC1(NC(=O)Cc2nn[nH]n2)C(=O)N2C(C(=O)O)=C(CSc3ccccc3)CS[C@H]21. The number of aliphatic carboxylic acids is 1. The van der Waals surface area contributed by atoms with Crippen molar-refractivity contribution in [2.45, 2.75) is 22.4 Å². The summed E-state index contributed by atoms with van der Waals surface area (Å²) in [5.74, 6) is -1.38. The van der Waals surface area contributed by atoms with Gasteiger partial charge in [-0.2, -0.15) is 5.21 Å². The minimum Gasteiger partial charge on any atom is -0.477 e. The molecule has 0 spiro atoms. The number of hydrogen-bond donors (Lipinski definition) is 3. The van der Waals surface area contributed by atoms with Crippen LogP contribution < -0.4 is 5.32 Å². The van der Waals surface area contributed by atoms with Gasteiger partial charge in [0.25, 0.3) is 11.6 Å². The Bertz CT molecular complexity index is 1030. The van der Waals surface area contributed by atoms with Gasteiger partial charge in [0.15, 0.2) is 5.82 Å². The molecule has 0 saturated carbocycles. The Hall–Kier alpha value is -2.90. The van der Waals surface area contributed by atoms with E-state index in [1.54, 1.807) is 0 Å². The molecule has 1 fully saturated rings. The first-order chi connectivity index (χ1) is 15.0. The fourth-order valence-electron chi connectivity index (χ4n) is 3.39. The number of β-lactam (4-membered cyclic amide) rings is 1. The zero-order chi connectivity index (χ0) is 22.0. The van der Waals surface area contributed by atoms with Crippen LogP contribution in [-0.4, -0.2) is 78.1 Å². The molecule has 2 aliphatic rings. The van der Waals surface area contributed by atoms with E-state index in [4.69, 9.17) is 4.74 Å². The molecule has 4 rings (SSSR count). The van der Waals surface area contributed by atoms with Crippen LogP contribution in [0.5, 0.6) is 0 Å². The number of ether oxygens (including phenoxy) is 1. The summed E-state index contributed by atoms with van der Waals surface area (Å²) in [5, 5.41) is 24.8. The van der Waals surface area contributed by atoms with Crippen LogP contribution in [0, 0.1) is 0 Å². The summed E-state index contributed by atoms with van der Waals surface area (Å²) in [4.78, 5) is 39.7. The van der Waals surface area contributed by atoms with Gasteiger partial charge in [-0.05, 0) is 17.7 Å². The van der Waals surface area contributed by atoms with E-state index in [2.05, 4.69) is 25.9 Å². The number of nitrogens with zero attached hydrogens (tertiary/aromatic N) is 4. The van der Waals surface area contributed by atoms with Crippen LogP contribution >= 0.6 is 23.5 Å². The molecule has 0 aliphatic carbocycles. The standard InChI is InChI=1S/C18H18N6O5S2/c1-29-18(19-13(25)7-12-20-22-23-21-12)16(28)24-14(15(26)27)10(9-31-17(18)24)8-30-11-5-3-2-4-6-11/h2-6,17H,7-9H2,1H3,(H,19,25)(H,26,27)(H,20,21,22,23)/t17-,18?/m0/s1. The van der Waals surface area contributed by atoms with E-state index in [-0.39, 0.29) is 17.9 Å². The predicted octanol–water partition coefficient (Wildman–Crippen LogP) is 0.247. The molecule has 2 atom stereocenters. The summed E-state index contributed by atoms with van der Waals surface area (Å²) in [6.45, 7) is 0. The summed E-state index contributed by atoms with van der Waals surface area (Å²) in [6, 6.07) is 9.60. The Morgan fingerprint density at radius 3 is 2.84 bits per heavy atom. The second kappa shape index (κ2) is 8.69. The third-order valence-corrected chi connectivity index (χ3v) is 7.30. The molecule has 2 amide bonds. The molecule has 1 aromatic heterocycles. The number of carboxylic acid groups (broad SMARTS) is 1. The van der Waals surface area contributed by atoms with E-state index in [9.17, 15) is 19.5 Å². The lowest BCUT2D eigenvalue weighted by Gasteiger charge is -2.55. The molecule has 1 saturated heterocycles. The van der Waals surface area contributed by atoms with Crippen LogP contribution in [-0.2, 0) is 25.5 Å². The highest BCUT2D eigenvalue weighted by Gasteiger charge is 2.66. The number of carboxylic acids is 1. The number of amides is 2. The Morgan fingerprint density at radius 1 is 1.42 bits per heavy atom. The van der Waals surface area contributed by atoms with Crippen molar-refractivity contribution in [2.24, 2.45) is 0 Å². The van der Waals surface area contributed by atoms with Gasteiger partial charge < -0.3 is 15.2 Å². The molecule has 2 aromatic rings. The predicted molar refractivity (Wildman–Crippen MR) is 111 cm³/mol. The molecule has 2 aliphatic heterocycles. The monoisotopic (exact) mass is 462 g/mol. The van der Waals surface area contributed by atoms with Crippen molar-refractivity contribution in [2.75, 3.05) is 18.6 Å². The van der Waals surface area contributed by atoms with Crippen LogP contribution in [0.15, 0.2) is 46.5 Å². The maximum absolute atomic E-state index is 13.0. The Labute approximate surface area is 185 Å². The van der Waals surface area contributed by atoms with Crippen molar-refractivity contribution in [1.82, 2.24) is 30.8 Å². The van der Waals surface area contributed by atoms with Crippen molar-refractivity contribution in [3.05, 3.63) is 47.4 Å². The van der Waals surface area contributed by atoms with Crippen molar-refractivity contribution in [1.29, 1.82) is 0 Å². The van der Waals surface area contributed by atoms with E-state index < -0.39 is 28.9 Å². The average Bonchev–Trinajstić information content (AvgIpc) is 3.28. The number of benzene rings is 1. The smallest absolute Gasteiger partial charge is 0.352 e. The highest BCUT2D eigenvalue weighted by molar-refractivity contribution is 8.01. The fourth-order valence-corrected chi connectivity index (χ4v) is 5.89. The zero-order valence-corrected chi connectivity index (χ0v) is 17.9. The number of H-pyrrole nitrogens is 1. The summed E-state index contributed by atoms with van der Waals surface area (Å²) < 4.78 is 5.41. The molecular weight excluding hydrogens is 444 g/mol. The first kappa shape index (κ1) is 21.3. The zero-order valence-electron chi connectivity index (χ0n) is 16.3. The van der Waals surface area contributed by atoms with Gasteiger partial charge in [-0.15, -0.1) is 33.7 Å². The van der Waals surface area contributed by atoms with E-state index in [0.717, 1.165) is 4.90 Å². The largest absolute Gasteiger partial charge is 0.477 e. The topological polar surface area (TPSA) is 150 Å². The highest BCUT2D eigenvalue weighted by Crippen LogP contribution is 2.47. The van der Waals surface area contributed by atoms with Gasteiger partial charge in [-0.3, -0.25) is 14.5 Å². The molecule has 31 heavy (non-hydrogen) atoms. The van der Waals surface area contributed by atoms with E-state index >= 15 is 0 Å². The van der Waals surface area contributed by atoms with Crippen molar-refractivity contribution < 1.29 is 24.2 Å². The summed E-state index contributed by atoms with van der Waals surface area (Å²) in [6.07, 6.45) is -0.202. The summed E-state index contributed by atoms with van der Waals surface area (Å²) in [7, 11) is 1.30. The molecule has 3 heterocycles. The summed E-state index contributed by atoms with van der Waals surface area (Å²) in [5.41, 5.74) is -1.07. The van der Waals surface area contributed by atoms with Gasteiger partial charge in [0.2, 0.25) is 5.91 Å². The van der Waals surface area contributed by atoms with E-state index in [0.29, 0.717) is 17.1 Å². The van der Waals surface area contributed by atoms with Gasteiger partial charge >= 0.3 is 5.97 Å². The lowest BCUT2D eigenvalue weighted by Crippen LogP contribution is -2.80. The lowest BCUT2D eigenvalue weighted by molar-refractivity contribution is -0.192. The number of aromatic amines is 1. The molecule has 0 bridgehead atoms. The number of carbonyl (C=O) groups is 3. The molecule has 1 aromatic carbocycles. The first-order valence-electron chi connectivity index (χ1n) is 9.13. The second-order valence-electron chi connectivity index (χ2n) is 6.69. The molecule has 0 radical (unpaired) electrons. The minimum absolute atomic E-state index is 0.0581. The van der Waals surface area contributed by atoms with Crippen LogP contribution in [0.2, 0.25) is 0 Å². The highest BCUT2D eigenvalue weighted by atomic mass is 32.2. The molecular formula is C18H18N6O5S2. The third kappa shape index (κ3) is 3.91. The average molecular weight is 463 g/mol. The maximum Gasteiger partial charge on any atom is 0.352 e. The van der Waals surface area contributed by atoms with Gasteiger partial charge in [-0.25, -0.2) is 4.79 Å². The molecule has 3 N–H and O–H groups in total. The van der Waals surface area contributed by atoms with Gasteiger partial charge in [-0.1, -0.05) is 23.4 Å². The number of rotatable bonds is 8. The summed E-state index contributed by atoms with van der Waals surface area (Å²) >= 11 is 2.84. The number of fused-ring (bicyclic) bond motifs is 1. The molecule has 11 nitrogen and oxygen atoms in total. The number of tetrazole rings is 1. The second-order valence-corrected chi connectivity index (χ2v) is 8.81. The minimum atomic E-state index is -1.65. The Kier molecular flexibility index (Phi) is 5.98.